The third-order valence-electron chi connectivity index (χ3n) is 3.39. The number of carboxylic acid groups (broad SMARTS) is 1. The molecular weight excluding hydrogens is 286 g/mol. The largest absolute Gasteiger partial charge is 0.481 e. The van der Waals surface area contributed by atoms with Gasteiger partial charge in [0, 0.05) is 19.2 Å². The Labute approximate surface area is 130 Å². The maximum atomic E-state index is 12.2. The van der Waals surface area contributed by atoms with Crippen molar-refractivity contribution in [2.24, 2.45) is 0 Å². The first kappa shape index (κ1) is 18.2. The van der Waals surface area contributed by atoms with Crippen molar-refractivity contribution in [3.8, 4) is 0 Å². The van der Waals surface area contributed by atoms with E-state index < -0.39 is 11.5 Å². The van der Waals surface area contributed by atoms with Gasteiger partial charge in [0.1, 0.15) is 0 Å². The van der Waals surface area contributed by atoms with Crippen molar-refractivity contribution >= 4 is 11.9 Å². The zero-order valence-corrected chi connectivity index (χ0v) is 13.8. The summed E-state index contributed by atoms with van der Waals surface area (Å²) < 4.78 is 6.83. The fraction of sp³-hybridized carbons (Fsp3) is 0.667. The molecule has 1 rings (SSSR count). The Balaban J connectivity index is 2.70. The number of hydrogen-bond acceptors (Lipinski definition) is 4. The summed E-state index contributed by atoms with van der Waals surface area (Å²) in [5, 5.41) is 16.1. The van der Waals surface area contributed by atoms with E-state index in [2.05, 4.69) is 10.4 Å². The van der Waals surface area contributed by atoms with Crippen LogP contribution in [-0.4, -0.2) is 46.0 Å². The molecule has 0 fully saturated rings. The lowest BCUT2D eigenvalue weighted by Crippen LogP contribution is -2.51. The first-order valence-corrected chi connectivity index (χ1v) is 7.21. The molecule has 22 heavy (non-hydrogen) atoms. The predicted octanol–water partition coefficient (Wildman–Crippen LogP) is 1.45. The monoisotopic (exact) mass is 311 g/mol. The average Bonchev–Trinajstić information content (AvgIpc) is 2.66. The van der Waals surface area contributed by atoms with Crippen molar-refractivity contribution in [3.63, 3.8) is 0 Å². The van der Waals surface area contributed by atoms with Crippen LogP contribution in [0.4, 0.5) is 0 Å². The van der Waals surface area contributed by atoms with Gasteiger partial charge < -0.3 is 15.2 Å². The third-order valence-corrected chi connectivity index (χ3v) is 3.39. The summed E-state index contributed by atoms with van der Waals surface area (Å²) in [5.41, 5.74) is 0.967. The molecule has 1 amide bonds. The smallest absolute Gasteiger partial charge is 0.305 e. The molecule has 1 heterocycles. The number of aromatic nitrogens is 2. The van der Waals surface area contributed by atoms with E-state index in [1.54, 1.807) is 11.6 Å². The van der Waals surface area contributed by atoms with E-state index in [0.717, 1.165) is 11.4 Å². The number of rotatable bonds is 8. The minimum atomic E-state index is -0.980. The van der Waals surface area contributed by atoms with E-state index in [0.29, 0.717) is 0 Å². The summed E-state index contributed by atoms with van der Waals surface area (Å²) in [6.45, 7) is 7.55. The molecule has 0 saturated heterocycles. The molecule has 0 aliphatic rings. The number of methoxy groups -OCH3 is 1. The lowest BCUT2D eigenvalue weighted by atomic mass is 9.98. The van der Waals surface area contributed by atoms with Gasteiger partial charge in [0.15, 0.2) is 0 Å². The Morgan fingerprint density at radius 3 is 2.59 bits per heavy atom. The van der Waals surface area contributed by atoms with Crippen molar-refractivity contribution < 1.29 is 19.4 Å². The lowest BCUT2D eigenvalue weighted by Gasteiger charge is -2.29. The van der Waals surface area contributed by atoms with Crippen LogP contribution in [0.3, 0.4) is 0 Å². The molecule has 0 aromatic carbocycles. The second-order valence-electron chi connectivity index (χ2n) is 6.04. The fourth-order valence-corrected chi connectivity index (χ4v) is 2.62. The second-order valence-corrected chi connectivity index (χ2v) is 6.04. The lowest BCUT2D eigenvalue weighted by molar-refractivity contribution is -0.139. The molecule has 0 radical (unpaired) electrons. The molecule has 2 atom stereocenters. The molecular formula is C15H25N3O4. The van der Waals surface area contributed by atoms with Crippen molar-refractivity contribution in [3.05, 3.63) is 17.5 Å². The molecule has 7 nitrogen and oxygen atoms in total. The Bertz CT molecular complexity index is 541. The first-order chi connectivity index (χ1) is 10.2. The highest BCUT2D eigenvalue weighted by atomic mass is 16.5. The van der Waals surface area contributed by atoms with Crippen LogP contribution in [0, 0.1) is 13.8 Å². The molecule has 124 valence electrons. The normalized spacial score (nSPS) is 15.1. The number of carboxylic acids is 1. The first-order valence-electron chi connectivity index (χ1n) is 7.21. The second kappa shape index (κ2) is 7.40. The average molecular weight is 311 g/mol. The van der Waals surface area contributed by atoms with Crippen molar-refractivity contribution in [1.29, 1.82) is 0 Å². The van der Waals surface area contributed by atoms with Crippen LogP contribution in [0.25, 0.3) is 0 Å². The Hall–Kier alpha value is -1.89. The predicted molar refractivity (Wildman–Crippen MR) is 81.7 cm³/mol. The van der Waals surface area contributed by atoms with Crippen LogP contribution in [0.5, 0.6) is 0 Å². The van der Waals surface area contributed by atoms with Crippen molar-refractivity contribution in [2.75, 3.05) is 13.7 Å². The van der Waals surface area contributed by atoms with Gasteiger partial charge in [0.25, 0.3) is 0 Å². The number of carbonyl (C=O) groups excluding carboxylic acids is 1. The van der Waals surface area contributed by atoms with E-state index in [1.165, 1.54) is 7.11 Å². The molecule has 2 unspecified atom stereocenters. The molecule has 0 saturated carbocycles. The summed E-state index contributed by atoms with van der Waals surface area (Å²) in [4.78, 5) is 23.2. The van der Waals surface area contributed by atoms with Crippen LogP contribution in [0.15, 0.2) is 6.07 Å². The number of nitrogens with one attached hydrogen (secondary N) is 1. The van der Waals surface area contributed by atoms with E-state index in [-0.39, 0.29) is 31.4 Å². The zero-order chi connectivity index (χ0) is 16.9. The number of hydrogen-bond donors (Lipinski definition) is 2. The standard InChI is InChI=1S/C15H25N3O4/c1-10-6-11(2)18(17-10)12(3)7-13(19)16-15(4,9-22-5)8-14(20)21/h6,12H,7-9H2,1-5H3,(H,16,19)(H,20,21). The number of aliphatic carboxylic acids is 1. The van der Waals surface area contributed by atoms with Gasteiger partial charge in [0.05, 0.1) is 30.3 Å². The van der Waals surface area contributed by atoms with Gasteiger partial charge in [-0.15, -0.1) is 0 Å². The Kier molecular flexibility index (Phi) is 6.11. The van der Waals surface area contributed by atoms with Gasteiger partial charge in [-0.1, -0.05) is 0 Å². The molecule has 0 spiro atoms. The van der Waals surface area contributed by atoms with Crippen LogP contribution < -0.4 is 5.32 Å². The van der Waals surface area contributed by atoms with Gasteiger partial charge in [-0.2, -0.15) is 5.10 Å². The van der Waals surface area contributed by atoms with Gasteiger partial charge >= 0.3 is 5.97 Å². The third kappa shape index (κ3) is 5.14. The van der Waals surface area contributed by atoms with E-state index >= 15 is 0 Å². The minimum Gasteiger partial charge on any atom is -0.481 e. The van der Waals surface area contributed by atoms with Gasteiger partial charge in [-0.05, 0) is 33.8 Å². The zero-order valence-electron chi connectivity index (χ0n) is 13.8. The van der Waals surface area contributed by atoms with Crippen molar-refractivity contribution in [2.45, 2.75) is 52.1 Å². The molecule has 1 aromatic rings. The number of nitrogens with zero attached hydrogens (tertiary/aromatic N) is 2. The number of aryl methyl sites for hydroxylation is 2. The Morgan fingerprint density at radius 1 is 1.50 bits per heavy atom. The van der Waals surface area contributed by atoms with Crippen LogP contribution >= 0.6 is 0 Å². The summed E-state index contributed by atoms with van der Waals surface area (Å²) in [6, 6.07) is 1.85. The highest BCUT2D eigenvalue weighted by Crippen LogP contribution is 2.16. The van der Waals surface area contributed by atoms with Crippen molar-refractivity contribution in [1.82, 2.24) is 15.1 Å². The highest BCUT2D eigenvalue weighted by molar-refractivity contribution is 5.78. The van der Waals surface area contributed by atoms with Crippen LogP contribution in [0.2, 0.25) is 0 Å². The summed E-state index contributed by atoms with van der Waals surface area (Å²) in [5.74, 6) is -1.20. The maximum absolute atomic E-state index is 12.2. The van der Waals surface area contributed by atoms with Crippen LogP contribution in [0.1, 0.15) is 44.1 Å². The summed E-state index contributed by atoms with van der Waals surface area (Å²) in [7, 11) is 1.48. The molecule has 0 bridgehead atoms. The minimum absolute atomic E-state index is 0.106. The number of carbonyl (C=O) groups is 2. The van der Waals surface area contributed by atoms with E-state index in [1.807, 2.05) is 26.8 Å². The summed E-state index contributed by atoms with van der Waals surface area (Å²) >= 11 is 0. The molecule has 0 aliphatic carbocycles. The Morgan fingerprint density at radius 2 is 2.14 bits per heavy atom. The van der Waals surface area contributed by atoms with E-state index in [4.69, 9.17) is 9.84 Å². The SMILES string of the molecule is COCC(C)(CC(=O)O)NC(=O)CC(C)n1nc(C)cc1C. The molecule has 7 heteroatoms. The quantitative estimate of drug-likeness (QED) is 0.758. The van der Waals surface area contributed by atoms with Gasteiger partial charge in [0.2, 0.25) is 5.91 Å². The molecule has 2 N–H and O–H groups in total. The van der Waals surface area contributed by atoms with Crippen LogP contribution in [-0.2, 0) is 14.3 Å². The molecule has 1 aromatic heterocycles. The van der Waals surface area contributed by atoms with E-state index in [9.17, 15) is 9.59 Å². The summed E-state index contributed by atoms with van der Waals surface area (Å²) in [6.07, 6.45) is 0.0295. The number of amides is 1. The topological polar surface area (TPSA) is 93.5 Å². The fourth-order valence-electron chi connectivity index (χ4n) is 2.62. The highest BCUT2D eigenvalue weighted by Gasteiger charge is 2.30. The maximum Gasteiger partial charge on any atom is 0.305 e. The molecule has 0 aliphatic heterocycles. The van der Waals surface area contributed by atoms with Gasteiger partial charge in [-0.3, -0.25) is 14.3 Å². The number of ether oxygens (including phenoxy) is 1. The van der Waals surface area contributed by atoms with Gasteiger partial charge in [-0.25, -0.2) is 0 Å².